The first kappa shape index (κ1) is 14.2. The van der Waals surface area contributed by atoms with E-state index in [2.05, 4.69) is 10.1 Å². The Morgan fingerprint density at radius 1 is 1.44 bits per heavy atom. The largest absolute Gasteiger partial charge is 0.497 e. The van der Waals surface area contributed by atoms with Gasteiger partial charge in [0, 0.05) is 31.8 Å². The molecule has 0 bridgehead atoms. The minimum Gasteiger partial charge on any atom is -0.497 e. The second-order valence-electron chi connectivity index (χ2n) is 4.17. The van der Waals surface area contributed by atoms with Crippen molar-refractivity contribution >= 4 is 11.5 Å². The molecule has 5 nitrogen and oxygen atoms in total. The van der Waals surface area contributed by atoms with Gasteiger partial charge in [-0.15, -0.1) is 0 Å². The van der Waals surface area contributed by atoms with Gasteiger partial charge < -0.3 is 20.6 Å². The highest BCUT2D eigenvalue weighted by Crippen LogP contribution is 2.20. The summed E-state index contributed by atoms with van der Waals surface area (Å²) in [7, 11) is 3.70. The third-order valence-corrected chi connectivity index (χ3v) is 2.80. The lowest BCUT2D eigenvalue weighted by molar-refractivity contribution is 0.316. The Morgan fingerprint density at radius 2 is 2.22 bits per heavy atom. The Hall–Kier alpha value is -1.91. The van der Waals surface area contributed by atoms with Gasteiger partial charge in [-0.2, -0.15) is 0 Å². The van der Waals surface area contributed by atoms with E-state index < -0.39 is 0 Å². The van der Waals surface area contributed by atoms with Crippen LogP contribution in [0.1, 0.15) is 19.3 Å². The fraction of sp³-hybridized carbons (Fsp3) is 0.462. The van der Waals surface area contributed by atoms with Crippen molar-refractivity contribution in [2.24, 2.45) is 10.9 Å². The van der Waals surface area contributed by atoms with E-state index in [9.17, 15) is 0 Å². The summed E-state index contributed by atoms with van der Waals surface area (Å²) in [6.07, 6.45) is 2.52. The summed E-state index contributed by atoms with van der Waals surface area (Å²) in [5.41, 5.74) is 6.53. The third kappa shape index (κ3) is 4.53. The molecule has 1 aromatic rings. The number of hydrogen-bond donors (Lipinski definition) is 2. The molecule has 0 aliphatic rings. The van der Waals surface area contributed by atoms with Gasteiger partial charge in [0.1, 0.15) is 11.6 Å². The van der Waals surface area contributed by atoms with Crippen molar-refractivity contribution in [3.63, 3.8) is 0 Å². The standard InChI is InChI=1S/C13H21N3O2/c1-16(9-4-3-8-13(14)15-17)11-6-5-7-12(10-11)18-2/h5-7,10,17H,3-4,8-9H2,1-2H3,(H2,14,15). The first-order valence-corrected chi connectivity index (χ1v) is 5.99. The number of anilines is 1. The van der Waals surface area contributed by atoms with E-state index in [0.717, 1.165) is 30.8 Å². The van der Waals surface area contributed by atoms with Crippen molar-refractivity contribution in [2.75, 3.05) is 25.6 Å². The third-order valence-electron chi connectivity index (χ3n) is 2.80. The number of amidine groups is 1. The van der Waals surface area contributed by atoms with Crippen molar-refractivity contribution in [3.05, 3.63) is 24.3 Å². The number of nitrogens with two attached hydrogens (primary N) is 1. The molecule has 0 aromatic heterocycles. The highest BCUT2D eigenvalue weighted by atomic mass is 16.5. The van der Waals surface area contributed by atoms with Gasteiger partial charge in [-0.3, -0.25) is 0 Å². The van der Waals surface area contributed by atoms with Crippen molar-refractivity contribution < 1.29 is 9.94 Å². The van der Waals surface area contributed by atoms with Crippen molar-refractivity contribution in [1.82, 2.24) is 0 Å². The van der Waals surface area contributed by atoms with Crippen LogP contribution in [0.2, 0.25) is 0 Å². The molecule has 0 atom stereocenters. The van der Waals surface area contributed by atoms with E-state index in [1.54, 1.807) is 7.11 Å². The maximum absolute atomic E-state index is 8.42. The van der Waals surface area contributed by atoms with Crippen LogP contribution in [-0.2, 0) is 0 Å². The normalized spacial score (nSPS) is 11.3. The fourth-order valence-corrected chi connectivity index (χ4v) is 1.68. The van der Waals surface area contributed by atoms with E-state index in [0.29, 0.717) is 12.3 Å². The molecule has 100 valence electrons. The zero-order valence-corrected chi connectivity index (χ0v) is 11.0. The Bertz CT molecular complexity index is 394. The lowest BCUT2D eigenvalue weighted by atomic mass is 10.2. The lowest BCUT2D eigenvalue weighted by Crippen LogP contribution is -2.19. The van der Waals surface area contributed by atoms with Crippen LogP contribution in [0.3, 0.4) is 0 Å². The van der Waals surface area contributed by atoms with E-state index in [4.69, 9.17) is 15.7 Å². The Balaban J connectivity index is 2.38. The number of nitrogens with zero attached hydrogens (tertiary/aromatic N) is 2. The number of hydrogen-bond acceptors (Lipinski definition) is 4. The molecule has 1 aromatic carbocycles. The number of ether oxygens (including phenoxy) is 1. The molecule has 0 aliphatic carbocycles. The highest BCUT2D eigenvalue weighted by Gasteiger charge is 2.02. The molecule has 0 fully saturated rings. The van der Waals surface area contributed by atoms with Crippen LogP contribution < -0.4 is 15.4 Å². The summed E-state index contributed by atoms with van der Waals surface area (Å²) in [4.78, 5) is 2.16. The molecule has 0 saturated heterocycles. The van der Waals surface area contributed by atoms with Crippen molar-refractivity contribution in [2.45, 2.75) is 19.3 Å². The van der Waals surface area contributed by atoms with Gasteiger partial charge in [-0.1, -0.05) is 11.2 Å². The summed E-state index contributed by atoms with van der Waals surface area (Å²) in [5, 5.41) is 11.4. The van der Waals surface area contributed by atoms with Gasteiger partial charge in [-0.05, 0) is 25.0 Å². The van der Waals surface area contributed by atoms with Crippen molar-refractivity contribution in [1.29, 1.82) is 0 Å². The minimum absolute atomic E-state index is 0.291. The minimum atomic E-state index is 0.291. The average Bonchev–Trinajstić information content (AvgIpc) is 2.43. The molecule has 0 spiro atoms. The smallest absolute Gasteiger partial charge is 0.139 e. The van der Waals surface area contributed by atoms with Crippen LogP contribution in [0.4, 0.5) is 5.69 Å². The molecule has 18 heavy (non-hydrogen) atoms. The summed E-state index contributed by atoms with van der Waals surface area (Å²) in [5.74, 6) is 1.15. The Morgan fingerprint density at radius 3 is 2.89 bits per heavy atom. The van der Waals surface area contributed by atoms with Crippen molar-refractivity contribution in [3.8, 4) is 5.75 Å². The fourth-order valence-electron chi connectivity index (χ4n) is 1.68. The molecule has 0 amide bonds. The summed E-state index contributed by atoms with van der Waals surface area (Å²) in [6, 6.07) is 7.95. The Labute approximate surface area is 108 Å². The summed E-state index contributed by atoms with van der Waals surface area (Å²) < 4.78 is 5.19. The molecular weight excluding hydrogens is 230 g/mol. The number of rotatable bonds is 7. The monoisotopic (exact) mass is 251 g/mol. The van der Waals surface area contributed by atoms with Gasteiger partial charge in [0.2, 0.25) is 0 Å². The van der Waals surface area contributed by atoms with Gasteiger partial charge >= 0.3 is 0 Å². The zero-order chi connectivity index (χ0) is 13.4. The molecule has 0 saturated carbocycles. The van der Waals surface area contributed by atoms with E-state index in [-0.39, 0.29) is 0 Å². The number of oxime groups is 1. The zero-order valence-electron chi connectivity index (χ0n) is 11.0. The number of methoxy groups -OCH3 is 1. The number of benzene rings is 1. The molecule has 5 heteroatoms. The lowest BCUT2D eigenvalue weighted by Gasteiger charge is -2.19. The molecule has 0 aliphatic heterocycles. The molecule has 0 heterocycles. The highest BCUT2D eigenvalue weighted by molar-refractivity contribution is 5.79. The molecule has 1 rings (SSSR count). The second-order valence-corrected chi connectivity index (χ2v) is 4.17. The first-order valence-electron chi connectivity index (χ1n) is 5.99. The topological polar surface area (TPSA) is 71.1 Å². The van der Waals surface area contributed by atoms with Gasteiger partial charge in [0.15, 0.2) is 0 Å². The molecule has 0 unspecified atom stereocenters. The van der Waals surface area contributed by atoms with E-state index >= 15 is 0 Å². The number of unbranched alkanes of at least 4 members (excludes halogenated alkanes) is 1. The SMILES string of the molecule is COc1cccc(N(C)CCCCC(N)=NO)c1. The summed E-state index contributed by atoms with van der Waals surface area (Å²) in [6.45, 7) is 0.922. The quantitative estimate of drug-likeness (QED) is 0.256. The van der Waals surface area contributed by atoms with E-state index in [1.807, 2.05) is 31.3 Å². The maximum Gasteiger partial charge on any atom is 0.139 e. The molecule has 3 N–H and O–H groups in total. The van der Waals surface area contributed by atoms with E-state index in [1.165, 1.54) is 0 Å². The predicted molar refractivity (Wildman–Crippen MR) is 73.5 cm³/mol. The van der Waals surface area contributed by atoms with Crippen LogP contribution in [0.15, 0.2) is 29.4 Å². The van der Waals surface area contributed by atoms with Crippen LogP contribution in [0.5, 0.6) is 5.75 Å². The Kier molecular flexibility index (Phi) is 5.84. The second kappa shape index (κ2) is 7.42. The van der Waals surface area contributed by atoms with Crippen LogP contribution in [0, 0.1) is 0 Å². The molecule has 0 radical (unpaired) electrons. The van der Waals surface area contributed by atoms with Crippen LogP contribution in [-0.4, -0.2) is 31.7 Å². The van der Waals surface area contributed by atoms with Crippen LogP contribution >= 0.6 is 0 Å². The van der Waals surface area contributed by atoms with Gasteiger partial charge in [0.25, 0.3) is 0 Å². The molecular formula is C13H21N3O2. The van der Waals surface area contributed by atoms with Gasteiger partial charge in [-0.25, -0.2) is 0 Å². The average molecular weight is 251 g/mol. The maximum atomic E-state index is 8.42. The summed E-state index contributed by atoms with van der Waals surface area (Å²) >= 11 is 0. The van der Waals surface area contributed by atoms with Gasteiger partial charge in [0.05, 0.1) is 7.11 Å². The van der Waals surface area contributed by atoms with Crippen LogP contribution in [0.25, 0.3) is 0 Å². The first-order chi connectivity index (χ1) is 8.67. The predicted octanol–water partition coefficient (Wildman–Crippen LogP) is 2.05.